The average Bonchev–Trinajstić information content (AvgIpc) is 3.10. The summed E-state index contributed by atoms with van der Waals surface area (Å²) in [6.07, 6.45) is 0.0542. The first-order valence-corrected chi connectivity index (χ1v) is 18.8. The van der Waals surface area contributed by atoms with Gasteiger partial charge in [-0.25, -0.2) is 0 Å². The van der Waals surface area contributed by atoms with Crippen molar-refractivity contribution in [3.8, 4) is 0 Å². The molecule has 0 amide bonds. The van der Waals surface area contributed by atoms with Crippen molar-refractivity contribution in [1.82, 2.24) is 0 Å². The topological polar surface area (TPSA) is 219 Å². The van der Waals surface area contributed by atoms with E-state index in [1.165, 1.54) is 0 Å². The minimum Gasteiger partial charge on any atom is -0.394 e. The lowest BCUT2D eigenvalue weighted by atomic mass is 9.88. The van der Waals surface area contributed by atoms with Gasteiger partial charge >= 0.3 is 0 Å². The van der Waals surface area contributed by atoms with Gasteiger partial charge < -0.3 is 78.6 Å². The molecule has 0 radical (unpaired) electrons. The van der Waals surface area contributed by atoms with Crippen LogP contribution in [-0.4, -0.2) is 186 Å². The maximum atomic E-state index is 10.1. The van der Waals surface area contributed by atoms with Gasteiger partial charge in [-0.15, -0.1) is 6.58 Å². The summed E-state index contributed by atoms with van der Waals surface area (Å²) < 4.78 is 55.7. The van der Waals surface area contributed by atoms with Crippen molar-refractivity contribution in [2.45, 2.75) is 103 Å². The fourth-order valence-electron chi connectivity index (χ4n) is 4.29. The second-order valence-electron chi connectivity index (χ2n) is 14.3. The van der Waals surface area contributed by atoms with Crippen LogP contribution < -0.4 is 5.73 Å². The Kier molecular flexibility index (Phi) is 30.7. The van der Waals surface area contributed by atoms with Gasteiger partial charge in [-0.2, -0.15) is 0 Å². The lowest BCUT2D eigenvalue weighted by Gasteiger charge is -2.36. The molecule has 0 bridgehead atoms. The van der Waals surface area contributed by atoms with Gasteiger partial charge in [0.1, 0.15) is 30.1 Å². The highest BCUT2D eigenvalue weighted by Gasteiger charge is 2.32. The molecule has 0 aliphatic carbocycles. The van der Waals surface area contributed by atoms with E-state index in [0.717, 1.165) is 6.42 Å². The molecule has 53 heavy (non-hydrogen) atoms. The minimum atomic E-state index is -0.948. The van der Waals surface area contributed by atoms with Crippen molar-refractivity contribution >= 4 is 0 Å². The van der Waals surface area contributed by atoms with Crippen LogP contribution in [0.5, 0.6) is 0 Å². The number of rotatable bonds is 39. The summed E-state index contributed by atoms with van der Waals surface area (Å²) in [5, 5.41) is 48.5. The Morgan fingerprint density at radius 3 is 1.55 bits per heavy atom. The van der Waals surface area contributed by atoms with Crippen molar-refractivity contribution in [3.05, 3.63) is 12.7 Å². The zero-order valence-electron chi connectivity index (χ0n) is 33.4. The Bertz CT molecular complexity index is 855. The number of ether oxygens (including phenoxy) is 10. The van der Waals surface area contributed by atoms with Gasteiger partial charge in [-0.05, 0) is 33.6 Å². The summed E-state index contributed by atoms with van der Waals surface area (Å²) in [6, 6.07) is 0. The van der Waals surface area contributed by atoms with Crippen molar-refractivity contribution in [1.29, 1.82) is 0 Å². The Labute approximate surface area is 318 Å². The molecular weight excluding hydrogens is 698 g/mol. The maximum absolute atomic E-state index is 10.1. The van der Waals surface area contributed by atoms with Crippen LogP contribution in [0.15, 0.2) is 12.7 Å². The molecule has 0 heterocycles. The van der Waals surface area contributed by atoms with Crippen LogP contribution in [0.4, 0.5) is 0 Å². The van der Waals surface area contributed by atoms with Gasteiger partial charge in [0.25, 0.3) is 0 Å². The molecule has 7 unspecified atom stereocenters. The second-order valence-corrected chi connectivity index (χ2v) is 14.3. The second kappa shape index (κ2) is 31.2. The Balaban J connectivity index is 4.17. The average molecular weight is 774 g/mol. The molecule has 0 aliphatic heterocycles. The summed E-state index contributed by atoms with van der Waals surface area (Å²) in [7, 11) is 0. The third-order valence-corrected chi connectivity index (χ3v) is 8.37. The van der Waals surface area contributed by atoms with Crippen LogP contribution in [0.2, 0.25) is 0 Å². The molecule has 16 nitrogen and oxygen atoms in total. The van der Waals surface area contributed by atoms with E-state index in [4.69, 9.17) is 58.2 Å². The Morgan fingerprint density at radius 2 is 1.06 bits per heavy atom. The molecule has 0 aromatic rings. The van der Waals surface area contributed by atoms with Gasteiger partial charge in [0.15, 0.2) is 0 Å². The summed E-state index contributed by atoms with van der Waals surface area (Å²) in [6.45, 7) is 19.0. The first kappa shape index (κ1) is 52.1. The first-order valence-electron chi connectivity index (χ1n) is 18.8. The highest BCUT2D eigenvalue weighted by Crippen LogP contribution is 2.27. The SMILES string of the molecule is C=CCOCCOCC(O)COCC(O)COCCOC(C)(CC)CCOC(C)C(C)(C)COC(C)(N)CCOCC(O)COCC(O)COCCO. The highest BCUT2D eigenvalue weighted by molar-refractivity contribution is 4.79. The van der Waals surface area contributed by atoms with Crippen LogP contribution in [0.3, 0.4) is 0 Å². The zero-order valence-corrected chi connectivity index (χ0v) is 33.4. The molecule has 0 aliphatic rings. The molecule has 7 N–H and O–H groups in total. The van der Waals surface area contributed by atoms with Gasteiger partial charge in [-0.1, -0.05) is 26.8 Å². The van der Waals surface area contributed by atoms with Crippen molar-refractivity contribution in [3.63, 3.8) is 0 Å². The third kappa shape index (κ3) is 30.0. The van der Waals surface area contributed by atoms with Gasteiger partial charge in [-0.3, -0.25) is 0 Å². The molecule has 16 heteroatoms. The van der Waals surface area contributed by atoms with Gasteiger partial charge in [0.2, 0.25) is 0 Å². The van der Waals surface area contributed by atoms with Crippen molar-refractivity contribution in [2.24, 2.45) is 11.1 Å². The fraction of sp³-hybridized carbons (Fsp3) is 0.946. The predicted molar refractivity (Wildman–Crippen MR) is 199 cm³/mol. The maximum Gasteiger partial charge on any atom is 0.116 e. The molecule has 0 rings (SSSR count). The number of aliphatic hydroxyl groups is 5. The van der Waals surface area contributed by atoms with E-state index in [0.29, 0.717) is 59.1 Å². The summed E-state index contributed by atoms with van der Waals surface area (Å²) >= 11 is 0. The van der Waals surface area contributed by atoms with E-state index >= 15 is 0 Å². The van der Waals surface area contributed by atoms with E-state index in [-0.39, 0.29) is 84.2 Å². The molecule has 0 saturated heterocycles. The summed E-state index contributed by atoms with van der Waals surface area (Å²) in [4.78, 5) is 0. The quantitative estimate of drug-likeness (QED) is 0.0289. The monoisotopic (exact) mass is 774 g/mol. The van der Waals surface area contributed by atoms with Crippen LogP contribution in [0.1, 0.15) is 60.8 Å². The molecule has 318 valence electrons. The third-order valence-electron chi connectivity index (χ3n) is 8.37. The van der Waals surface area contributed by atoms with Crippen LogP contribution in [-0.2, 0) is 47.4 Å². The van der Waals surface area contributed by atoms with Crippen molar-refractivity contribution in [2.75, 3.05) is 119 Å². The van der Waals surface area contributed by atoms with E-state index < -0.39 is 35.7 Å². The lowest BCUT2D eigenvalue weighted by molar-refractivity contribution is -0.126. The Hall–Kier alpha value is -0.900. The van der Waals surface area contributed by atoms with E-state index in [1.807, 2.05) is 13.8 Å². The normalized spacial score (nSPS) is 17.5. The lowest BCUT2D eigenvalue weighted by Crippen LogP contribution is -2.45. The summed E-state index contributed by atoms with van der Waals surface area (Å²) in [5.41, 5.74) is 4.68. The van der Waals surface area contributed by atoms with Crippen LogP contribution in [0, 0.1) is 5.41 Å². The minimum absolute atomic E-state index is 0.000646. The molecule has 0 spiro atoms. The van der Waals surface area contributed by atoms with Gasteiger partial charge in [0, 0.05) is 18.4 Å². The number of hydrogen-bond acceptors (Lipinski definition) is 16. The van der Waals surface area contributed by atoms with Gasteiger partial charge in [0.05, 0.1) is 124 Å². The fourth-order valence-corrected chi connectivity index (χ4v) is 4.29. The molecule has 7 atom stereocenters. The predicted octanol–water partition coefficient (Wildman–Crippen LogP) is 0.813. The van der Waals surface area contributed by atoms with Crippen LogP contribution in [0.25, 0.3) is 0 Å². The number of aliphatic hydroxyl groups excluding tert-OH is 5. The molecule has 0 fully saturated rings. The van der Waals surface area contributed by atoms with E-state index in [2.05, 4.69) is 27.4 Å². The largest absolute Gasteiger partial charge is 0.394 e. The van der Waals surface area contributed by atoms with E-state index in [9.17, 15) is 20.4 Å². The molecule has 0 saturated carbocycles. The molecule has 0 aromatic heterocycles. The number of hydrogen-bond donors (Lipinski definition) is 6. The van der Waals surface area contributed by atoms with E-state index in [1.54, 1.807) is 13.0 Å². The molecular formula is C37H75NO15. The standard InChI is InChI=1S/C37H75NO15/c1-8-13-44-17-18-47-23-33(42)27-50-28-34(43)24-48-19-20-52-36(6,9-2)10-15-51-30(3)35(4,5)29-53-37(7,38)11-14-45-21-31(40)25-49-26-32(41)22-46-16-12-39/h8,30-34,39-43H,1,9-29,38H2,2-7H3. The highest BCUT2D eigenvalue weighted by atomic mass is 16.6. The number of nitrogens with two attached hydrogens (primary N) is 1. The zero-order chi connectivity index (χ0) is 40.0. The van der Waals surface area contributed by atoms with Crippen molar-refractivity contribution < 1.29 is 72.9 Å². The molecule has 0 aromatic carbocycles. The first-order chi connectivity index (χ1) is 25.1. The Morgan fingerprint density at radius 1 is 0.604 bits per heavy atom. The summed E-state index contributed by atoms with van der Waals surface area (Å²) in [5.74, 6) is 0. The van der Waals surface area contributed by atoms with Crippen LogP contribution >= 0.6 is 0 Å². The smallest absolute Gasteiger partial charge is 0.116 e.